The number of hydrogen-bond donors (Lipinski definition) is 0. The maximum Gasteiger partial charge on any atom is 0.339 e. The fraction of sp³-hybridized carbons (Fsp3) is 0.333. The van der Waals surface area contributed by atoms with Gasteiger partial charge in [0.25, 0.3) is 0 Å². The predicted molar refractivity (Wildman–Crippen MR) is 88.6 cm³/mol. The number of carbonyl (C=O) groups is 2. The van der Waals surface area contributed by atoms with Gasteiger partial charge in [0.05, 0.1) is 18.2 Å². The standard InChI is InChI=1S/C18H18O4S/c1-21-16-8-4-2-7-13(16)15(19)10-22-18(20)14-11-23-17-9-5-3-6-12(14)17/h2,4,7-8,11H,3,5-6,9-10H2,1H3. The van der Waals surface area contributed by atoms with Gasteiger partial charge in [-0.1, -0.05) is 12.1 Å². The van der Waals surface area contributed by atoms with Gasteiger partial charge in [-0.15, -0.1) is 11.3 Å². The van der Waals surface area contributed by atoms with Crippen LogP contribution in [0, 0.1) is 0 Å². The molecule has 1 aliphatic rings. The SMILES string of the molecule is COc1ccccc1C(=O)COC(=O)c1csc2c1CCCC2. The van der Waals surface area contributed by atoms with Crippen molar-refractivity contribution >= 4 is 23.1 Å². The molecule has 0 saturated carbocycles. The molecular formula is C18H18O4S. The summed E-state index contributed by atoms with van der Waals surface area (Å²) in [6.07, 6.45) is 4.23. The number of rotatable bonds is 5. The number of benzene rings is 1. The number of esters is 1. The second-order valence-electron chi connectivity index (χ2n) is 5.46. The molecule has 0 saturated heterocycles. The first-order chi connectivity index (χ1) is 11.2. The van der Waals surface area contributed by atoms with Crippen LogP contribution in [0.1, 0.15) is 44.0 Å². The number of Topliss-reactive ketones (excluding diaryl/α,β-unsaturated/α-hetero) is 1. The number of aryl methyl sites for hydroxylation is 1. The van der Waals surface area contributed by atoms with Gasteiger partial charge in [0.2, 0.25) is 5.78 Å². The normalized spacial score (nSPS) is 13.3. The van der Waals surface area contributed by atoms with Crippen molar-refractivity contribution in [1.82, 2.24) is 0 Å². The van der Waals surface area contributed by atoms with Gasteiger partial charge >= 0.3 is 5.97 Å². The van der Waals surface area contributed by atoms with Crippen LogP contribution in [0.25, 0.3) is 0 Å². The first-order valence-electron chi connectivity index (χ1n) is 7.63. The molecular weight excluding hydrogens is 312 g/mol. The van der Waals surface area contributed by atoms with Crippen molar-refractivity contribution < 1.29 is 19.1 Å². The molecule has 0 spiro atoms. The van der Waals surface area contributed by atoms with E-state index in [1.807, 2.05) is 5.38 Å². The Hall–Kier alpha value is -2.14. The molecule has 120 valence electrons. The molecule has 1 aliphatic carbocycles. The maximum atomic E-state index is 12.3. The smallest absolute Gasteiger partial charge is 0.339 e. The van der Waals surface area contributed by atoms with E-state index in [4.69, 9.17) is 9.47 Å². The summed E-state index contributed by atoms with van der Waals surface area (Å²) in [6, 6.07) is 6.93. The number of carbonyl (C=O) groups excluding carboxylic acids is 2. The van der Waals surface area contributed by atoms with E-state index in [0.717, 1.165) is 24.8 Å². The van der Waals surface area contributed by atoms with Crippen molar-refractivity contribution in [1.29, 1.82) is 0 Å². The molecule has 0 aliphatic heterocycles. The van der Waals surface area contributed by atoms with Crippen LogP contribution in [0.2, 0.25) is 0 Å². The van der Waals surface area contributed by atoms with Gasteiger partial charge in [-0.3, -0.25) is 4.79 Å². The summed E-state index contributed by atoms with van der Waals surface area (Å²) >= 11 is 1.61. The third-order valence-corrected chi connectivity index (χ3v) is 5.11. The molecule has 0 amide bonds. The van der Waals surface area contributed by atoms with Crippen molar-refractivity contribution in [3.63, 3.8) is 0 Å². The molecule has 0 N–H and O–H groups in total. The van der Waals surface area contributed by atoms with Gasteiger partial charge in [-0.2, -0.15) is 0 Å². The summed E-state index contributed by atoms with van der Waals surface area (Å²) in [4.78, 5) is 25.8. The number of hydrogen-bond acceptors (Lipinski definition) is 5. The number of ether oxygens (including phenoxy) is 2. The maximum absolute atomic E-state index is 12.3. The van der Waals surface area contributed by atoms with Crippen molar-refractivity contribution in [2.45, 2.75) is 25.7 Å². The van der Waals surface area contributed by atoms with Gasteiger partial charge in [0, 0.05) is 10.3 Å². The summed E-state index contributed by atoms with van der Waals surface area (Å²) in [7, 11) is 1.51. The van der Waals surface area contributed by atoms with Crippen LogP contribution in [0.3, 0.4) is 0 Å². The summed E-state index contributed by atoms with van der Waals surface area (Å²) < 4.78 is 10.4. The molecule has 0 bridgehead atoms. The third kappa shape index (κ3) is 3.29. The average molecular weight is 330 g/mol. The molecule has 5 heteroatoms. The second kappa shape index (κ2) is 6.96. The van der Waals surface area contributed by atoms with Crippen molar-refractivity contribution in [3.05, 3.63) is 51.2 Å². The second-order valence-corrected chi connectivity index (χ2v) is 6.42. The van der Waals surface area contributed by atoms with Crippen LogP contribution >= 0.6 is 11.3 Å². The average Bonchev–Trinajstić information content (AvgIpc) is 3.03. The summed E-state index contributed by atoms with van der Waals surface area (Å²) in [5.74, 6) is -0.186. The number of ketones is 1. The van der Waals surface area contributed by atoms with Crippen LogP contribution in [-0.2, 0) is 17.6 Å². The van der Waals surface area contributed by atoms with E-state index in [0.29, 0.717) is 16.9 Å². The lowest BCUT2D eigenvalue weighted by Crippen LogP contribution is -2.16. The highest BCUT2D eigenvalue weighted by Crippen LogP contribution is 2.30. The van der Waals surface area contributed by atoms with Crippen molar-refractivity contribution in [3.8, 4) is 5.75 Å². The summed E-state index contributed by atoms with van der Waals surface area (Å²) in [5.41, 5.74) is 2.16. The lowest BCUT2D eigenvalue weighted by Gasteiger charge is -2.12. The molecule has 1 heterocycles. The van der Waals surface area contributed by atoms with E-state index in [1.165, 1.54) is 18.4 Å². The topological polar surface area (TPSA) is 52.6 Å². The Morgan fingerprint density at radius 2 is 1.91 bits per heavy atom. The van der Waals surface area contributed by atoms with Gasteiger partial charge in [-0.25, -0.2) is 4.79 Å². The highest BCUT2D eigenvalue weighted by molar-refractivity contribution is 7.10. The van der Waals surface area contributed by atoms with E-state index in [-0.39, 0.29) is 12.4 Å². The highest BCUT2D eigenvalue weighted by atomic mass is 32.1. The van der Waals surface area contributed by atoms with E-state index >= 15 is 0 Å². The fourth-order valence-electron chi connectivity index (χ4n) is 2.83. The predicted octanol–water partition coefficient (Wildman–Crippen LogP) is 3.68. The molecule has 4 nitrogen and oxygen atoms in total. The third-order valence-electron chi connectivity index (χ3n) is 4.02. The van der Waals surface area contributed by atoms with Crippen LogP contribution in [0.5, 0.6) is 5.75 Å². The molecule has 1 aromatic carbocycles. The van der Waals surface area contributed by atoms with Crippen molar-refractivity contribution in [2.24, 2.45) is 0 Å². The van der Waals surface area contributed by atoms with E-state index < -0.39 is 5.97 Å². The molecule has 23 heavy (non-hydrogen) atoms. The largest absolute Gasteiger partial charge is 0.496 e. The molecule has 2 aromatic rings. The van der Waals surface area contributed by atoms with Crippen LogP contribution in [0.15, 0.2) is 29.6 Å². The Labute approximate surface area is 139 Å². The van der Waals surface area contributed by atoms with Crippen LogP contribution in [-0.4, -0.2) is 25.5 Å². The fourth-order valence-corrected chi connectivity index (χ4v) is 3.94. The zero-order chi connectivity index (χ0) is 16.2. The molecule has 0 unspecified atom stereocenters. The number of para-hydroxylation sites is 1. The lowest BCUT2D eigenvalue weighted by molar-refractivity contribution is 0.0473. The lowest BCUT2D eigenvalue weighted by atomic mass is 9.96. The van der Waals surface area contributed by atoms with Gasteiger partial charge in [0.1, 0.15) is 5.75 Å². The Morgan fingerprint density at radius 1 is 1.13 bits per heavy atom. The minimum atomic E-state index is -0.410. The molecule has 0 atom stereocenters. The van der Waals surface area contributed by atoms with E-state index in [9.17, 15) is 9.59 Å². The Kier molecular flexibility index (Phi) is 4.76. The molecule has 0 fully saturated rings. The molecule has 0 radical (unpaired) electrons. The quantitative estimate of drug-likeness (QED) is 0.620. The Balaban J connectivity index is 1.67. The number of methoxy groups -OCH3 is 1. The van der Waals surface area contributed by atoms with E-state index in [1.54, 1.807) is 35.6 Å². The number of fused-ring (bicyclic) bond motifs is 1. The Morgan fingerprint density at radius 3 is 2.74 bits per heavy atom. The van der Waals surface area contributed by atoms with Crippen molar-refractivity contribution in [2.75, 3.05) is 13.7 Å². The zero-order valence-electron chi connectivity index (χ0n) is 13.0. The monoisotopic (exact) mass is 330 g/mol. The van der Waals surface area contributed by atoms with Gasteiger partial charge < -0.3 is 9.47 Å². The molecule has 1 aromatic heterocycles. The van der Waals surface area contributed by atoms with Gasteiger partial charge in [-0.05, 0) is 43.4 Å². The zero-order valence-corrected chi connectivity index (χ0v) is 13.8. The van der Waals surface area contributed by atoms with E-state index in [2.05, 4.69) is 0 Å². The highest BCUT2D eigenvalue weighted by Gasteiger charge is 2.22. The first-order valence-corrected chi connectivity index (χ1v) is 8.51. The summed E-state index contributed by atoms with van der Waals surface area (Å²) in [5, 5.41) is 1.85. The first kappa shape index (κ1) is 15.7. The van der Waals surface area contributed by atoms with Crippen LogP contribution in [0.4, 0.5) is 0 Å². The summed E-state index contributed by atoms with van der Waals surface area (Å²) in [6.45, 7) is -0.274. The minimum absolute atomic E-state index is 0.264. The minimum Gasteiger partial charge on any atom is -0.496 e. The van der Waals surface area contributed by atoms with Gasteiger partial charge in [0.15, 0.2) is 6.61 Å². The Bertz CT molecular complexity index is 732. The molecule has 3 rings (SSSR count). The number of thiophene rings is 1. The van der Waals surface area contributed by atoms with Crippen LogP contribution < -0.4 is 4.74 Å².